The van der Waals surface area contributed by atoms with Crippen LogP contribution in [0.5, 0.6) is 0 Å². The van der Waals surface area contributed by atoms with Crippen LogP contribution in [0.4, 0.5) is 11.4 Å². The molecule has 248 valence electrons. The Morgan fingerprint density at radius 3 is 2.20 bits per heavy atom. The van der Waals surface area contributed by atoms with Crippen molar-refractivity contribution in [2.24, 2.45) is 5.41 Å². The van der Waals surface area contributed by atoms with E-state index in [0.29, 0.717) is 35.4 Å². The lowest BCUT2D eigenvalue weighted by molar-refractivity contribution is -0.116. The number of nitrogens with one attached hydrogen (secondary N) is 1. The number of carbonyl (C=O) groups excluding carboxylic acids is 1. The van der Waals surface area contributed by atoms with Gasteiger partial charge in [0.25, 0.3) is 0 Å². The summed E-state index contributed by atoms with van der Waals surface area (Å²) in [4.78, 5) is 17.5. The highest BCUT2D eigenvalue weighted by Crippen LogP contribution is 2.50. The number of anilines is 2. The Morgan fingerprint density at radius 1 is 0.955 bits per heavy atom. The van der Waals surface area contributed by atoms with Gasteiger partial charge in [0.15, 0.2) is 9.84 Å². The van der Waals surface area contributed by atoms with Crippen LogP contribution in [0.15, 0.2) is 47.4 Å². The molecule has 1 aliphatic heterocycles. The molecule has 0 radical (unpaired) electrons. The van der Waals surface area contributed by atoms with Gasteiger partial charge in [-0.3, -0.25) is 4.79 Å². The van der Waals surface area contributed by atoms with E-state index in [0.717, 1.165) is 69.4 Å². The number of benzene rings is 2. The van der Waals surface area contributed by atoms with Gasteiger partial charge < -0.3 is 32.6 Å². The van der Waals surface area contributed by atoms with E-state index in [1.54, 1.807) is 6.07 Å². The molecule has 2 atom stereocenters. The zero-order valence-electron chi connectivity index (χ0n) is 27.7. The predicted molar refractivity (Wildman–Crippen MR) is 179 cm³/mol. The van der Waals surface area contributed by atoms with Crippen molar-refractivity contribution in [3.63, 3.8) is 0 Å². The lowest BCUT2D eigenvalue weighted by atomic mass is 9.68. The van der Waals surface area contributed by atoms with Crippen LogP contribution >= 0.6 is 0 Å². The summed E-state index contributed by atoms with van der Waals surface area (Å²) in [7, 11) is 0.201. The average Bonchev–Trinajstić information content (AvgIpc) is 3.05. The van der Waals surface area contributed by atoms with Gasteiger partial charge in [-0.25, -0.2) is 8.42 Å². The van der Waals surface area contributed by atoms with Crippen molar-refractivity contribution in [3.8, 4) is 0 Å². The molecule has 0 aromatic heterocycles. The number of sulfone groups is 1. The van der Waals surface area contributed by atoms with Gasteiger partial charge in [-0.15, -0.1) is 0 Å². The third-order valence-corrected chi connectivity index (χ3v) is 11.2. The molecule has 0 bridgehead atoms. The van der Waals surface area contributed by atoms with Gasteiger partial charge in [-0.05, 0) is 86.8 Å². The fourth-order valence-electron chi connectivity index (χ4n) is 6.58. The molecule has 7 nitrogen and oxygen atoms in total. The molecule has 44 heavy (non-hydrogen) atoms. The van der Waals surface area contributed by atoms with Crippen molar-refractivity contribution < 1.29 is 30.7 Å². The molecule has 2 N–H and O–H groups in total. The quantitative estimate of drug-likeness (QED) is 0.269. The smallest absolute Gasteiger partial charge is 0.224 e. The highest BCUT2D eigenvalue weighted by molar-refractivity contribution is 7.91. The largest absolute Gasteiger partial charge is 1.00 e. The van der Waals surface area contributed by atoms with E-state index < -0.39 is 27.3 Å². The van der Waals surface area contributed by atoms with Crippen molar-refractivity contribution in [1.82, 2.24) is 4.90 Å². The Kier molecular flexibility index (Phi) is 15.2. The third kappa shape index (κ3) is 9.44. The summed E-state index contributed by atoms with van der Waals surface area (Å²) in [6, 6.07) is 13.2. The molecule has 0 unspecified atom stereocenters. The molecule has 0 aliphatic carbocycles. The molecule has 0 fully saturated rings. The van der Waals surface area contributed by atoms with Crippen molar-refractivity contribution >= 4 is 27.1 Å². The SMILES string of the molecule is CCCCC1(CCCC)CS(=O)(=O)c2ccc(N(C)C)cc2[C@@H](c2cccc(NC(=O)CCCCN(CC)CC)c2)[C@H]1O.[Cl-]. The zero-order chi connectivity index (χ0) is 31.6. The van der Waals surface area contributed by atoms with Gasteiger partial charge in [0.1, 0.15) is 0 Å². The maximum absolute atomic E-state index is 14.1. The summed E-state index contributed by atoms with van der Waals surface area (Å²) in [5.41, 5.74) is 2.24. The molecule has 0 saturated heterocycles. The number of aliphatic hydroxyl groups excluding tert-OH is 1. The van der Waals surface area contributed by atoms with Crippen molar-refractivity contribution in [1.29, 1.82) is 0 Å². The second-order valence-electron chi connectivity index (χ2n) is 12.5. The van der Waals surface area contributed by atoms with Crippen LogP contribution in [-0.4, -0.2) is 69.9 Å². The van der Waals surface area contributed by atoms with Crippen molar-refractivity contribution in [3.05, 3.63) is 53.6 Å². The Morgan fingerprint density at radius 2 is 1.61 bits per heavy atom. The number of hydrogen-bond acceptors (Lipinski definition) is 6. The number of aliphatic hydroxyl groups is 1. The van der Waals surface area contributed by atoms with E-state index >= 15 is 0 Å². The second kappa shape index (κ2) is 17.5. The van der Waals surface area contributed by atoms with E-state index in [2.05, 4.69) is 37.9 Å². The maximum Gasteiger partial charge on any atom is 0.224 e. The van der Waals surface area contributed by atoms with Crippen molar-refractivity contribution in [2.75, 3.05) is 49.7 Å². The topological polar surface area (TPSA) is 90.0 Å². The van der Waals surface area contributed by atoms with Crippen LogP contribution in [0.1, 0.15) is 103 Å². The number of carbonyl (C=O) groups is 1. The Hall–Kier alpha value is -2.13. The first-order chi connectivity index (χ1) is 20.5. The summed E-state index contributed by atoms with van der Waals surface area (Å²) in [6.07, 6.45) is 6.21. The fraction of sp³-hybridized carbons (Fsp3) is 0.629. The number of hydrogen-bond donors (Lipinski definition) is 2. The lowest BCUT2D eigenvalue weighted by Crippen LogP contribution is -3.00. The van der Waals surface area contributed by atoms with Crippen LogP contribution < -0.4 is 22.6 Å². The number of rotatable bonds is 16. The number of nitrogens with zero attached hydrogens (tertiary/aromatic N) is 2. The molecular weight excluding hydrogens is 594 g/mol. The summed E-state index contributed by atoms with van der Waals surface area (Å²) < 4.78 is 28.1. The summed E-state index contributed by atoms with van der Waals surface area (Å²) in [5, 5.41) is 15.5. The molecule has 1 amide bonds. The van der Waals surface area contributed by atoms with Gasteiger partial charge in [-0.1, -0.05) is 65.5 Å². The van der Waals surface area contributed by atoms with E-state index in [-0.39, 0.29) is 24.1 Å². The van der Waals surface area contributed by atoms with Crippen LogP contribution in [0, 0.1) is 5.41 Å². The maximum atomic E-state index is 14.1. The van der Waals surface area contributed by atoms with Gasteiger partial charge in [-0.2, -0.15) is 0 Å². The van der Waals surface area contributed by atoms with Gasteiger partial charge >= 0.3 is 0 Å². The van der Waals surface area contributed by atoms with Crippen molar-refractivity contribution in [2.45, 2.75) is 102 Å². The monoisotopic (exact) mass is 648 g/mol. The van der Waals surface area contributed by atoms with Gasteiger partial charge in [0.2, 0.25) is 5.91 Å². The standard InChI is InChI=1S/C35H55N3O4S.ClH/c1-7-11-21-35(22-12-8-2)26-43(41,42)31-20-19-29(37(5)6)25-30(31)33(34(35)40)27-16-15-17-28(24-27)36-32(39)18-13-14-23-38(9-3)10-4;/h15-17,19-20,24-25,33-34,40H,7-14,18,21-23,26H2,1-6H3,(H,36,39);1H/p-1/t33-,34-;/m1./s1. The highest BCUT2D eigenvalue weighted by Gasteiger charge is 2.49. The van der Waals surface area contributed by atoms with E-state index in [1.807, 2.05) is 55.4 Å². The number of fused-ring (bicyclic) bond motifs is 1. The molecule has 2 aromatic rings. The Bertz CT molecular complexity index is 1290. The first-order valence-electron chi connectivity index (χ1n) is 16.4. The third-order valence-electron chi connectivity index (χ3n) is 9.21. The molecule has 9 heteroatoms. The van der Waals surface area contributed by atoms with E-state index in [9.17, 15) is 18.3 Å². The van der Waals surface area contributed by atoms with Crippen LogP contribution in [0.3, 0.4) is 0 Å². The summed E-state index contributed by atoms with van der Waals surface area (Å²) in [5.74, 6) is -0.640. The minimum absolute atomic E-state index is 0. The second-order valence-corrected chi connectivity index (χ2v) is 14.5. The minimum Gasteiger partial charge on any atom is -1.00 e. The average molecular weight is 649 g/mol. The normalized spacial score (nSPS) is 18.6. The fourth-order valence-corrected chi connectivity index (χ4v) is 8.78. The molecule has 0 spiro atoms. The Balaban J connectivity index is 0.00000675. The molecule has 3 rings (SSSR count). The number of unbranched alkanes of at least 4 members (excludes halogenated alkanes) is 3. The molecule has 0 saturated carbocycles. The number of halogens is 1. The first kappa shape index (κ1) is 38.1. The van der Waals surface area contributed by atoms with Gasteiger partial charge in [0, 0.05) is 43.2 Å². The van der Waals surface area contributed by atoms with E-state index in [1.165, 1.54) is 0 Å². The van der Waals surface area contributed by atoms with E-state index in [4.69, 9.17) is 0 Å². The zero-order valence-corrected chi connectivity index (χ0v) is 29.3. The molecular formula is C35H55ClN3O4S-. The van der Waals surface area contributed by atoms with Crippen LogP contribution in [0.2, 0.25) is 0 Å². The molecule has 1 heterocycles. The summed E-state index contributed by atoms with van der Waals surface area (Å²) in [6.45, 7) is 11.5. The predicted octanol–water partition coefficient (Wildman–Crippen LogP) is 3.85. The highest BCUT2D eigenvalue weighted by atomic mass is 35.5. The first-order valence-corrected chi connectivity index (χ1v) is 18.0. The lowest BCUT2D eigenvalue weighted by Gasteiger charge is -2.40. The van der Waals surface area contributed by atoms with Crippen LogP contribution in [-0.2, 0) is 14.6 Å². The summed E-state index contributed by atoms with van der Waals surface area (Å²) >= 11 is 0. The molecule has 2 aromatic carbocycles. The number of amides is 1. The van der Waals surface area contributed by atoms with Gasteiger partial charge in [0.05, 0.1) is 16.8 Å². The van der Waals surface area contributed by atoms with Crippen LogP contribution in [0.25, 0.3) is 0 Å². The minimum atomic E-state index is -3.67. The molecule has 1 aliphatic rings. The Labute approximate surface area is 273 Å².